The van der Waals surface area contributed by atoms with Crippen molar-refractivity contribution in [1.82, 2.24) is 0 Å². The normalized spacial score (nSPS) is 10.7. The monoisotopic (exact) mass is 285 g/mol. The second kappa shape index (κ2) is 5.69. The summed E-state index contributed by atoms with van der Waals surface area (Å²) in [7, 11) is 0. The Morgan fingerprint density at radius 3 is 2.78 bits per heavy atom. The third kappa shape index (κ3) is 3.02. The van der Waals surface area contributed by atoms with Gasteiger partial charge in [0.15, 0.2) is 0 Å². The molecule has 18 heavy (non-hydrogen) atoms. The van der Waals surface area contributed by atoms with Crippen LogP contribution in [0.4, 0.5) is 4.39 Å². The lowest BCUT2D eigenvalue weighted by molar-refractivity contribution is 0.305. The van der Waals surface area contributed by atoms with Crippen LogP contribution in [0.1, 0.15) is 15.3 Å². The van der Waals surface area contributed by atoms with Crippen LogP contribution in [0.25, 0.3) is 0 Å². The second-order valence-corrected chi connectivity index (χ2v) is 5.61. The molecule has 0 aliphatic rings. The maximum atomic E-state index is 12.9. The minimum Gasteiger partial charge on any atom is -0.487 e. The smallest absolute Gasteiger partial charge is 0.138 e. The fraction of sp³-hybridized carbons (Fsp3) is 0.231. The van der Waals surface area contributed by atoms with Crippen LogP contribution in [0.15, 0.2) is 24.3 Å². The molecule has 0 aliphatic heterocycles. The van der Waals surface area contributed by atoms with E-state index in [0.717, 1.165) is 10.4 Å². The molecular weight excluding hydrogens is 273 g/mol. The zero-order chi connectivity index (χ0) is 13.1. The maximum absolute atomic E-state index is 12.9. The van der Waals surface area contributed by atoms with Gasteiger partial charge in [0.2, 0.25) is 0 Å². The summed E-state index contributed by atoms with van der Waals surface area (Å²) >= 11 is 7.54. The van der Waals surface area contributed by atoms with Crippen molar-refractivity contribution in [3.8, 4) is 5.75 Å². The number of thiophene rings is 1. The number of nitrogens with two attached hydrogens (primary N) is 1. The van der Waals surface area contributed by atoms with Crippen molar-refractivity contribution in [2.45, 2.75) is 20.1 Å². The summed E-state index contributed by atoms with van der Waals surface area (Å²) in [5, 5.41) is 0.280. The van der Waals surface area contributed by atoms with Gasteiger partial charge >= 0.3 is 0 Å². The summed E-state index contributed by atoms with van der Waals surface area (Å²) in [4.78, 5) is 2.30. The number of rotatable bonds is 4. The summed E-state index contributed by atoms with van der Waals surface area (Å²) in [5.41, 5.74) is 6.67. The second-order valence-electron chi connectivity index (χ2n) is 3.86. The molecule has 0 saturated carbocycles. The summed E-state index contributed by atoms with van der Waals surface area (Å²) in [6.07, 6.45) is 0. The van der Waals surface area contributed by atoms with Crippen molar-refractivity contribution in [1.29, 1.82) is 0 Å². The number of benzene rings is 1. The van der Waals surface area contributed by atoms with Gasteiger partial charge in [-0.15, -0.1) is 11.3 Å². The Labute approximate surface area is 114 Å². The van der Waals surface area contributed by atoms with E-state index in [1.54, 1.807) is 11.3 Å². The molecular formula is C13H13ClFNOS. The average Bonchev–Trinajstić information content (AvgIpc) is 2.69. The fourth-order valence-corrected chi connectivity index (χ4v) is 2.73. The van der Waals surface area contributed by atoms with Gasteiger partial charge in [-0.3, -0.25) is 0 Å². The van der Waals surface area contributed by atoms with Gasteiger partial charge < -0.3 is 10.5 Å². The first-order valence-electron chi connectivity index (χ1n) is 5.46. The first kappa shape index (κ1) is 13.3. The first-order chi connectivity index (χ1) is 8.60. The molecule has 2 nitrogen and oxygen atoms in total. The summed E-state index contributed by atoms with van der Waals surface area (Å²) in [5.74, 6) is 0.113. The number of ether oxygens (including phenoxy) is 1. The van der Waals surface area contributed by atoms with E-state index in [4.69, 9.17) is 22.1 Å². The average molecular weight is 286 g/mol. The highest BCUT2D eigenvalue weighted by molar-refractivity contribution is 7.12. The highest BCUT2D eigenvalue weighted by Gasteiger charge is 2.07. The molecule has 5 heteroatoms. The van der Waals surface area contributed by atoms with Gasteiger partial charge in [0, 0.05) is 21.9 Å². The van der Waals surface area contributed by atoms with Gasteiger partial charge in [-0.25, -0.2) is 4.39 Å². The third-order valence-corrected chi connectivity index (χ3v) is 3.96. The Bertz CT molecular complexity index is 556. The summed E-state index contributed by atoms with van der Waals surface area (Å²) in [6.45, 7) is 2.96. The van der Waals surface area contributed by atoms with Crippen LogP contribution in [-0.2, 0) is 13.2 Å². The van der Waals surface area contributed by atoms with Crippen LogP contribution < -0.4 is 10.5 Å². The van der Waals surface area contributed by atoms with Crippen LogP contribution in [0, 0.1) is 12.7 Å². The van der Waals surface area contributed by atoms with Crippen molar-refractivity contribution in [3.63, 3.8) is 0 Å². The van der Waals surface area contributed by atoms with E-state index in [2.05, 4.69) is 0 Å². The van der Waals surface area contributed by atoms with E-state index in [1.165, 1.54) is 23.1 Å². The van der Waals surface area contributed by atoms with Crippen molar-refractivity contribution < 1.29 is 9.13 Å². The predicted octanol–water partition coefficient (Wildman–Crippen LogP) is 3.89. The van der Waals surface area contributed by atoms with Crippen LogP contribution in [-0.4, -0.2) is 0 Å². The van der Waals surface area contributed by atoms with E-state index < -0.39 is 0 Å². The lowest BCUT2D eigenvalue weighted by Gasteiger charge is -2.07. The molecule has 2 aromatic rings. The molecule has 0 bridgehead atoms. The number of hydrogen-bond donors (Lipinski definition) is 1. The van der Waals surface area contributed by atoms with Gasteiger partial charge in [-0.1, -0.05) is 11.6 Å². The largest absolute Gasteiger partial charge is 0.487 e. The molecule has 0 saturated heterocycles. The number of hydrogen-bond acceptors (Lipinski definition) is 3. The summed E-state index contributed by atoms with van der Waals surface area (Å²) < 4.78 is 18.5. The Balaban J connectivity index is 2.08. The molecule has 96 valence electrons. The van der Waals surface area contributed by atoms with Gasteiger partial charge in [-0.05, 0) is 31.2 Å². The predicted molar refractivity (Wildman–Crippen MR) is 72.7 cm³/mol. The molecule has 1 aromatic heterocycles. The van der Waals surface area contributed by atoms with Crippen molar-refractivity contribution in [2.24, 2.45) is 5.73 Å². The van der Waals surface area contributed by atoms with E-state index in [1.807, 2.05) is 13.0 Å². The quantitative estimate of drug-likeness (QED) is 0.925. The molecule has 0 radical (unpaired) electrons. The van der Waals surface area contributed by atoms with Gasteiger partial charge in [0.05, 0.1) is 5.02 Å². The first-order valence-corrected chi connectivity index (χ1v) is 6.65. The van der Waals surface area contributed by atoms with E-state index in [-0.39, 0.29) is 10.8 Å². The highest BCUT2D eigenvalue weighted by atomic mass is 35.5. The summed E-state index contributed by atoms with van der Waals surface area (Å²) in [6, 6.07) is 6.12. The van der Waals surface area contributed by atoms with E-state index in [0.29, 0.717) is 18.9 Å². The van der Waals surface area contributed by atoms with Gasteiger partial charge in [-0.2, -0.15) is 0 Å². The van der Waals surface area contributed by atoms with Crippen LogP contribution in [0.3, 0.4) is 0 Å². The Kier molecular flexibility index (Phi) is 4.22. The lowest BCUT2D eigenvalue weighted by atomic mass is 10.2. The lowest BCUT2D eigenvalue weighted by Crippen LogP contribution is -1.97. The molecule has 2 N–H and O–H groups in total. The minimum atomic E-state index is -0.371. The molecule has 0 amide bonds. The van der Waals surface area contributed by atoms with E-state index in [9.17, 15) is 4.39 Å². The Hall–Kier alpha value is -1.10. The topological polar surface area (TPSA) is 35.2 Å². The van der Waals surface area contributed by atoms with Gasteiger partial charge in [0.25, 0.3) is 0 Å². The van der Waals surface area contributed by atoms with Crippen LogP contribution in [0.2, 0.25) is 5.02 Å². The maximum Gasteiger partial charge on any atom is 0.138 e. The molecule has 0 aliphatic carbocycles. The molecule has 0 fully saturated rings. The van der Waals surface area contributed by atoms with Crippen molar-refractivity contribution in [2.75, 3.05) is 0 Å². The zero-order valence-corrected chi connectivity index (χ0v) is 11.4. The minimum absolute atomic E-state index is 0.280. The molecule has 2 rings (SSSR count). The SMILES string of the molecule is Cc1sc(CN)cc1COc1ccc(F)cc1Cl. The van der Waals surface area contributed by atoms with Crippen molar-refractivity contribution >= 4 is 22.9 Å². The molecule has 1 heterocycles. The molecule has 1 aromatic carbocycles. The number of halogens is 2. The highest BCUT2D eigenvalue weighted by Crippen LogP contribution is 2.27. The number of aryl methyl sites for hydroxylation is 1. The zero-order valence-electron chi connectivity index (χ0n) is 9.87. The fourth-order valence-electron chi connectivity index (χ4n) is 1.58. The Morgan fingerprint density at radius 2 is 2.17 bits per heavy atom. The third-order valence-electron chi connectivity index (χ3n) is 2.55. The molecule has 0 unspecified atom stereocenters. The van der Waals surface area contributed by atoms with Crippen LogP contribution >= 0.6 is 22.9 Å². The molecule has 0 spiro atoms. The standard InChI is InChI=1S/C13H13ClFNOS/c1-8-9(4-11(6-16)18-8)7-17-13-3-2-10(15)5-12(13)14/h2-5H,6-7,16H2,1H3. The molecule has 0 atom stereocenters. The van der Waals surface area contributed by atoms with Gasteiger partial charge in [0.1, 0.15) is 18.2 Å². The van der Waals surface area contributed by atoms with E-state index >= 15 is 0 Å². The van der Waals surface area contributed by atoms with Crippen molar-refractivity contribution in [3.05, 3.63) is 50.4 Å². The van der Waals surface area contributed by atoms with Crippen LogP contribution in [0.5, 0.6) is 5.75 Å². The Morgan fingerprint density at radius 1 is 1.39 bits per heavy atom.